The Labute approximate surface area is 481 Å². The zero-order chi connectivity index (χ0) is 56.1. The van der Waals surface area contributed by atoms with Crippen molar-refractivity contribution >= 4 is 129 Å². The quantitative estimate of drug-likeness (QED) is 0.164. The van der Waals surface area contributed by atoms with Gasteiger partial charge in [0.15, 0.2) is 0 Å². The van der Waals surface area contributed by atoms with Crippen molar-refractivity contribution in [3.63, 3.8) is 0 Å². The molecule has 16 rings (SSSR count). The molecule has 3 nitrogen and oxygen atoms in total. The van der Waals surface area contributed by atoms with Crippen LogP contribution in [0.5, 0.6) is 0 Å². The number of nitrogens with zero attached hydrogens (tertiary/aromatic N) is 1. The lowest BCUT2D eigenvalue weighted by molar-refractivity contribution is 0.665. The van der Waals surface area contributed by atoms with Gasteiger partial charge in [-0.2, -0.15) is 0 Å². The van der Waals surface area contributed by atoms with Crippen molar-refractivity contribution in [3.05, 3.63) is 268 Å². The van der Waals surface area contributed by atoms with E-state index in [0.717, 1.165) is 22.3 Å². The number of benzene rings is 11. The molecule has 5 heteroatoms. The monoisotopic (exact) mass is 1090 g/mol. The van der Waals surface area contributed by atoms with E-state index in [1.165, 1.54) is 145 Å². The van der Waals surface area contributed by atoms with Crippen LogP contribution in [0.4, 0.5) is 0 Å². The fraction of sp³-hybridized carbons (Fsp3) is 0.132. The molecule has 0 saturated carbocycles. The third-order valence-electron chi connectivity index (χ3n) is 15.5. The van der Waals surface area contributed by atoms with Crippen molar-refractivity contribution in [2.24, 2.45) is 0 Å². The molecule has 11 aromatic carbocycles. The molecule has 0 aliphatic heterocycles. The Hall–Kier alpha value is -8.74. The van der Waals surface area contributed by atoms with Gasteiger partial charge in [-0.05, 0) is 189 Å². The summed E-state index contributed by atoms with van der Waals surface area (Å²) in [6.07, 6.45) is 0. The predicted octanol–water partition coefficient (Wildman–Crippen LogP) is 23.1. The first-order valence-electron chi connectivity index (χ1n) is 27.9. The Bertz CT molecular complexity index is 4590. The molecule has 0 spiro atoms. The maximum atomic E-state index is 5.86. The number of aryl methyl sites for hydroxylation is 10. The summed E-state index contributed by atoms with van der Waals surface area (Å²) >= 11 is 3.78. The normalized spacial score (nSPS) is 11.3. The third kappa shape index (κ3) is 10.4. The standard InChI is InChI=1S/C20H17N.2C14H12O.2C14H12S/c1-14-8-10-19-17(12-14)18-13-15(2)9-11-20(18)21(19)16-6-4-3-5-7-16;1-9-3-5-13-11(7-9)12-8-10(2)4-6-14(12)15-13;1-9-7-8-10(2)14-13(9)11-5-3-4-6-12(11)15-14;1-9-3-5-13-11(7-9)12-8-10(2)4-6-14(12)15-13;1-9-7-8-10(2)14-13(9)11-5-3-4-6-12(11)15-14/h3-13H,1-2H3;4*3-8H,1-2H3. The van der Waals surface area contributed by atoms with Gasteiger partial charge in [0.2, 0.25) is 0 Å². The number of hydrogen-bond acceptors (Lipinski definition) is 4. The topological polar surface area (TPSA) is 31.2 Å². The van der Waals surface area contributed by atoms with Crippen LogP contribution in [-0.2, 0) is 0 Å². The maximum Gasteiger partial charge on any atom is 0.138 e. The smallest absolute Gasteiger partial charge is 0.138 e. The molecule has 0 bridgehead atoms. The number of para-hydroxylation sites is 2. The fourth-order valence-electron chi connectivity index (χ4n) is 11.4. The van der Waals surface area contributed by atoms with Gasteiger partial charge >= 0.3 is 0 Å². The van der Waals surface area contributed by atoms with Gasteiger partial charge in [-0.15, -0.1) is 22.7 Å². The van der Waals surface area contributed by atoms with E-state index in [-0.39, 0.29) is 0 Å². The summed E-state index contributed by atoms with van der Waals surface area (Å²) in [7, 11) is 0. The molecule has 398 valence electrons. The maximum absolute atomic E-state index is 5.86. The van der Waals surface area contributed by atoms with Gasteiger partial charge < -0.3 is 13.4 Å². The molecule has 0 atom stereocenters. The van der Waals surface area contributed by atoms with Crippen LogP contribution in [0, 0.1) is 69.2 Å². The summed E-state index contributed by atoms with van der Waals surface area (Å²) in [6, 6.07) is 75.6. The first-order valence-corrected chi connectivity index (χ1v) is 29.5. The van der Waals surface area contributed by atoms with E-state index in [1.54, 1.807) is 0 Å². The summed E-state index contributed by atoms with van der Waals surface area (Å²) in [4.78, 5) is 0. The van der Waals surface area contributed by atoms with E-state index in [4.69, 9.17) is 8.83 Å². The molecule has 0 unspecified atom stereocenters. The van der Waals surface area contributed by atoms with Crippen LogP contribution in [-0.4, -0.2) is 4.57 Å². The van der Waals surface area contributed by atoms with Crippen LogP contribution in [0.3, 0.4) is 0 Å². The SMILES string of the molecule is Cc1ccc(C)c2c1oc1ccccc12.Cc1ccc(C)c2c1sc1ccccc12.Cc1ccc2c(c1)c1cc(C)ccc1n2-c1ccccc1.Cc1ccc2oc3ccc(C)cc3c2c1.Cc1ccc2sc3ccc(C)cc3c2c1. The van der Waals surface area contributed by atoms with Crippen LogP contribution in [0.2, 0.25) is 0 Å². The summed E-state index contributed by atoms with van der Waals surface area (Å²) in [5.41, 5.74) is 20.8. The van der Waals surface area contributed by atoms with Gasteiger partial charge in [-0.25, -0.2) is 0 Å². The van der Waals surface area contributed by atoms with Crippen molar-refractivity contribution < 1.29 is 8.83 Å². The number of thiophene rings is 2. The lowest BCUT2D eigenvalue weighted by Crippen LogP contribution is -1.92. The summed E-state index contributed by atoms with van der Waals surface area (Å²) in [6.45, 7) is 21.4. The summed E-state index contributed by atoms with van der Waals surface area (Å²) in [5.74, 6) is 0. The fourth-order valence-corrected chi connectivity index (χ4v) is 13.7. The molecule has 5 aromatic heterocycles. The van der Waals surface area contributed by atoms with Crippen LogP contribution < -0.4 is 0 Å². The van der Waals surface area contributed by atoms with E-state index in [1.807, 2.05) is 46.9 Å². The van der Waals surface area contributed by atoms with Crippen LogP contribution in [0.15, 0.2) is 221 Å². The number of hydrogen-bond donors (Lipinski definition) is 0. The highest BCUT2D eigenvalue weighted by Gasteiger charge is 2.14. The minimum atomic E-state index is 0.973. The van der Waals surface area contributed by atoms with Gasteiger partial charge in [0.1, 0.15) is 22.3 Å². The van der Waals surface area contributed by atoms with E-state index in [9.17, 15) is 0 Å². The van der Waals surface area contributed by atoms with Crippen molar-refractivity contribution in [3.8, 4) is 5.69 Å². The Kier molecular flexibility index (Phi) is 14.4. The Morgan fingerprint density at radius 2 is 0.704 bits per heavy atom. The Balaban J connectivity index is 0.000000101. The Morgan fingerprint density at radius 3 is 1.28 bits per heavy atom. The van der Waals surface area contributed by atoms with Gasteiger partial charge in [0.05, 0.1) is 11.0 Å². The largest absolute Gasteiger partial charge is 0.456 e. The third-order valence-corrected chi connectivity index (χ3v) is 18.0. The van der Waals surface area contributed by atoms with E-state index in [0.29, 0.717) is 0 Å². The molecule has 0 saturated heterocycles. The molecule has 0 N–H and O–H groups in total. The van der Waals surface area contributed by atoms with Gasteiger partial charge in [-0.3, -0.25) is 0 Å². The molecular formula is C76H65NO2S2. The van der Waals surface area contributed by atoms with Crippen LogP contribution >= 0.6 is 22.7 Å². The number of rotatable bonds is 1. The minimum Gasteiger partial charge on any atom is -0.456 e. The summed E-state index contributed by atoms with van der Waals surface area (Å²) < 4.78 is 19.6. The number of furan rings is 2. The molecule has 0 aliphatic carbocycles. The van der Waals surface area contributed by atoms with Crippen molar-refractivity contribution in [1.82, 2.24) is 4.57 Å². The second kappa shape index (κ2) is 22.1. The molecular weight excluding hydrogens is 1020 g/mol. The molecule has 0 aliphatic rings. The van der Waals surface area contributed by atoms with Crippen LogP contribution in [0.25, 0.3) is 112 Å². The molecule has 0 radical (unpaired) electrons. The van der Waals surface area contributed by atoms with Gasteiger partial charge in [0.25, 0.3) is 0 Å². The highest BCUT2D eigenvalue weighted by molar-refractivity contribution is 7.26. The van der Waals surface area contributed by atoms with E-state index in [2.05, 4.69) is 262 Å². The van der Waals surface area contributed by atoms with E-state index >= 15 is 0 Å². The highest BCUT2D eigenvalue weighted by atomic mass is 32.1. The zero-order valence-corrected chi connectivity index (χ0v) is 49.4. The number of aromatic nitrogens is 1. The second-order valence-electron chi connectivity index (χ2n) is 21.9. The Morgan fingerprint density at radius 1 is 0.284 bits per heavy atom. The average molecular weight is 1090 g/mol. The van der Waals surface area contributed by atoms with E-state index < -0.39 is 0 Å². The lowest BCUT2D eigenvalue weighted by atomic mass is 10.0. The lowest BCUT2D eigenvalue weighted by Gasteiger charge is -2.07. The molecule has 0 fully saturated rings. The van der Waals surface area contributed by atoms with Gasteiger partial charge in [-0.1, -0.05) is 149 Å². The first-order chi connectivity index (χ1) is 39.3. The zero-order valence-electron chi connectivity index (χ0n) is 47.8. The highest BCUT2D eigenvalue weighted by Crippen LogP contribution is 2.39. The minimum absolute atomic E-state index is 0.973. The van der Waals surface area contributed by atoms with Crippen molar-refractivity contribution in [2.75, 3.05) is 0 Å². The molecule has 5 heterocycles. The number of fused-ring (bicyclic) bond motifs is 15. The molecule has 81 heavy (non-hydrogen) atoms. The van der Waals surface area contributed by atoms with Crippen molar-refractivity contribution in [2.45, 2.75) is 69.2 Å². The average Bonchev–Trinajstić information content (AvgIpc) is 4.47. The predicted molar refractivity (Wildman–Crippen MR) is 354 cm³/mol. The molecule has 0 amide bonds. The first kappa shape index (κ1) is 52.9. The van der Waals surface area contributed by atoms with Crippen molar-refractivity contribution in [1.29, 1.82) is 0 Å². The molecule has 16 aromatic rings. The van der Waals surface area contributed by atoms with Crippen LogP contribution in [0.1, 0.15) is 55.6 Å². The second-order valence-corrected chi connectivity index (χ2v) is 24.1. The summed E-state index contributed by atoms with van der Waals surface area (Å²) in [5, 5.41) is 13.2. The van der Waals surface area contributed by atoms with Gasteiger partial charge in [0, 0.05) is 78.3 Å².